The summed E-state index contributed by atoms with van der Waals surface area (Å²) in [4.78, 5) is 22.9. The molecule has 0 unspecified atom stereocenters. The highest BCUT2D eigenvalue weighted by Crippen LogP contribution is 2.27. The van der Waals surface area contributed by atoms with E-state index in [4.69, 9.17) is 21.1 Å². The Morgan fingerprint density at radius 1 is 1.45 bits per heavy atom. The molecule has 0 bridgehead atoms. The molecule has 0 spiro atoms. The van der Waals surface area contributed by atoms with Gasteiger partial charge >= 0.3 is 5.97 Å². The van der Waals surface area contributed by atoms with Crippen LogP contribution in [0.5, 0.6) is 5.75 Å². The number of amides is 1. The molecule has 0 heterocycles. The maximum absolute atomic E-state index is 11.5. The fourth-order valence-corrected chi connectivity index (χ4v) is 2.13. The molecule has 1 aromatic carbocycles. The molecule has 1 amide bonds. The molecule has 0 aromatic heterocycles. The molecule has 0 aliphatic rings. The largest absolute Gasteiger partial charge is 0.481 e. The van der Waals surface area contributed by atoms with Crippen LogP contribution in [-0.2, 0) is 14.3 Å². The smallest absolute Gasteiger partial charge is 0.344 e. The summed E-state index contributed by atoms with van der Waals surface area (Å²) in [7, 11) is 0. The van der Waals surface area contributed by atoms with Crippen molar-refractivity contribution in [1.29, 1.82) is 0 Å². The van der Waals surface area contributed by atoms with Crippen LogP contribution in [-0.4, -0.2) is 31.1 Å². The third-order valence-corrected chi connectivity index (χ3v) is 3.12. The molecule has 7 heteroatoms. The zero-order valence-corrected chi connectivity index (χ0v) is 13.5. The first kappa shape index (κ1) is 16.8. The number of hydrogen-bond donors (Lipinski definition) is 1. The number of esters is 1. The first-order chi connectivity index (χ1) is 9.43. The van der Waals surface area contributed by atoms with Crippen molar-refractivity contribution in [1.82, 2.24) is 5.32 Å². The fourth-order valence-electron chi connectivity index (χ4n) is 1.33. The number of nitrogens with one attached hydrogen (secondary N) is 1. The average molecular weight is 365 g/mol. The third-order valence-electron chi connectivity index (χ3n) is 2.27. The van der Waals surface area contributed by atoms with E-state index in [1.165, 1.54) is 6.92 Å². The summed E-state index contributed by atoms with van der Waals surface area (Å²) < 4.78 is 10.8. The Bertz CT molecular complexity index is 495. The van der Waals surface area contributed by atoms with Crippen molar-refractivity contribution >= 4 is 39.4 Å². The molecule has 0 aliphatic heterocycles. The minimum absolute atomic E-state index is 0.288. The lowest BCUT2D eigenvalue weighted by Crippen LogP contribution is -2.36. The second-order valence-corrected chi connectivity index (χ2v) is 5.18. The van der Waals surface area contributed by atoms with Gasteiger partial charge in [-0.15, -0.1) is 0 Å². The number of carbonyl (C=O) groups excluding carboxylic acids is 2. The number of halogens is 2. The molecule has 0 saturated carbocycles. The summed E-state index contributed by atoms with van der Waals surface area (Å²) in [6.07, 6.45) is -0.847. The molecule has 0 radical (unpaired) electrons. The second kappa shape index (κ2) is 8.11. The molecular formula is C13H15BrClNO4. The summed E-state index contributed by atoms with van der Waals surface area (Å²) in [6.45, 7) is 3.48. The van der Waals surface area contributed by atoms with Crippen molar-refractivity contribution < 1.29 is 19.1 Å². The highest BCUT2D eigenvalue weighted by Gasteiger charge is 2.17. The average Bonchev–Trinajstić information content (AvgIpc) is 2.37. The Labute approximate surface area is 130 Å². The van der Waals surface area contributed by atoms with E-state index in [1.54, 1.807) is 25.1 Å². The van der Waals surface area contributed by atoms with Crippen molar-refractivity contribution in [3.8, 4) is 5.75 Å². The van der Waals surface area contributed by atoms with Gasteiger partial charge in [0.2, 0.25) is 0 Å². The van der Waals surface area contributed by atoms with Crippen LogP contribution < -0.4 is 10.1 Å². The van der Waals surface area contributed by atoms with Gasteiger partial charge in [0.25, 0.3) is 5.91 Å². The first-order valence-electron chi connectivity index (χ1n) is 5.99. The van der Waals surface area contributed by atoms with Crippen molar-refractivity contribution in [2.45, 2.75) is 20.0 Å². The predicted molar refractivity (Wildman–Crippen MR) is 78.9 cm³/mol. The minimum Gasteiger partial charge on any atom is -0.481 e. The normalized spacial score (nSPS) is 11.6. The first-order valence-corrected chi connectivity index (χ1v) is 7.16. The van der Waals surface area contributed by atoms with Crippen LogP contribution in [0, 0.1) is 0 Å². The zero-order chi connectivity index (χ0) is 15.1. The molecular weight excluding hydrogens is 350 g/mol. The van der Waals surface area contributed by atoms with Crippen molar-refractivity contribution in [2.75, 3.05) is 13.2 Å². The van der Waals surface area contributed by atoms with Crippen molar-refractivity contribution in [2.24, 2.45) is 0 Å². The van der Waals surface area contributed by atoms with Crippen LogP contribution in [0.4, 0.5) is 0 Å². The van der Waals surface area contributed by atoms with Gasteiger partial charge in [-0.2, -0.15) is 0 Å². The Morgan fingerprint density at radius 2 is 2.15 bits per heavy atom. The van der Waals surface area contributed by atoms with Crippen LogP contribution in [0.15, 0.2) is 22.7 Å². The van der Waals surface area contributed by atoms with E-state index in [9.17, 15) is 9.59 Å². The highest BCUT2D eigenvalue weighted by molar-refractivity contribution is 9.10. The number of carbonyl (C=O) groups is 2. The summed E-state index contributed by atoms with van der Waals surface area (Å²) in [5.41, 5.74) is 0. The number of ether oxygens (including phenoxy) is 2. The maximum atomic E-state index is 11.5. The molecule has 5 nitrogen and oxygen atoms in total. The number of hydrogen-bond acceptors (Lipinski definition) is 4. The van der Waals surface area contributed by atoms with Gasteiger partial charge in [0.05, 0.1) is 4.47 Å². The van der Waals surface area contributed by atoms with Crippen LogP contribution in [0.2, 0.25) is 5.02 Å². The van der Waals surface area contributed by atoms with Crippen LogP contribution in [0.1, 0.15) is 13.8 Å². The standard InChI is InChI=1S/C13H15BrClNO4/c1-3-16-13(18)8(2)20-12(17)7-19-11-5-4-9(15)6-10(11)14/h4-6,8H,3,7H2,1-2H3,(H,16,18)/t8-/m1/s1. The molecule has 1 N–H and O–H groups in total. The molecule has 110 valence electrons. The van der Waals surface area contributed by atoms with Crippen LogP contribution in [0.25, 0.3) is 0 Å². The summed E-state index contributed by atoms with van der Waals surface area (Å²) >= 11 is 9.06. The van der Waals surface area contributed by atoms with E-state index >= 15 is 0 Å². The van der Waals surface area contributed by atoms with Crippen LogP contribution in [0.3, 0.4) is 0 Å². The Kier molecular flexibility index (Phi) is 6.81. The van der Waals surface area contributed by atoms with Gasteiger partial charge in [0.15, 0.2) is 12.7 Å². The number of likely N-dealkylation sites (N-methyl/N-ethyl adjacent to an activating group) is 1. The molecule has 1 rings (SSSR count). The molecule has 20 heavy (non-hydrogen) atoms. The quantitative estimate of drug-likeness (QED) is 0.788. The van der Waals surface area contributed by atoms with Gasteiger partial charge < -0.3 is 14.8 Å². The number of rotatable bonds is 6. The third kappa shape index (κ3) is 5.38. The maximum Gasteiger partial charge on any atom is 0.344 e. The Balaban J connectivity index is 2.45. The second-order valence-electron chi connectivity index (χ2n) is 3.89. The van der Waals surface area contributed by atoms with Crippen molar-refractivity contribution in [3.63, 3.8) is 0 Å². The monoisotopic (exact) mass is 363 g/mol. The fraction of sp³-hybridized carbons (Fsp3) is 0.385. The summed E-state index contributed by atoms with van der Waals surface area (Å²) in [6, 6.07) is 4.93. The topological polar surface area (TPSA) is 64.6 Å². The highest BCUT2D eigenvalue weighted by atomic mass is 79.9. The number of benzene rings is 1. The van der Waals surface area contributed by atoms with E-state index in [1.807, 2.05) is 0 Å². The lowest BCUT2D eigenvalue weighted by atomic mass is 10.3. The van der Waals surface area contributed by atoms with Gasteiger partial charge in [0, 0.05) is 11.6 Å². The van der Waals surface area contributed by atoms with E-state index in [0.29, 0.717) is 21.8 Å². The Hall–Kier alpha value is -1.27. The predicted octanol–water partition coefficient (Wildman–Crippen LogP) is 2.55. The van der Waals surface area contributed by atoms with Gasteiger partial charge in [-0.05, 0) is 48.0 Å². The lowest BCUT2D eigenvalue weighted by Gasteiger charge is -2.13. The van der Waals surface area contributed by atoms with Crippen molar-refractivity contribution in [3.05, 3.63) is 27.7 Å². The van der Waals surface area contributed by atoms with Gasteiger partial charge in [-0.25, -0.2) is 4.79 Å². The van der Waals surface area contributed by atoms with E-state index < -0.39 is 12.1 Å². The Morgan fingerprint density at radius 3 is 2.75 bits per heavy atom. The molecule has 0 fully saturated rings. The van der Waals surface area contributed by atoms with E-state index in [2.05, 4.69) is 21.2 Å². The summed E-state index contributed by atoms with van der Waals surface area (Å²) in [5.74, 6) is -0.490. The molecule has 1 atom stereocenters. The van der Waals surface area contributed by atoms with Gasteiger partial charge in [0.1, 0.15) is 5.75 Å². The molecule has 0 aliphatic carbocycles. The van der Waals surface area contributed by atoms with Gasteiger partial charge in [-0.1, -0.05) is 11.6 Å². The molecule has 0 saturated heterocycles. The lowest BCUT2D eigenvalue weighted by molar-refractivity contribution is -0.156. The molecule has 1 aromatic rings. The van der Waals surface area contributed by atoms with E-state index in [-0.39, 0.29) is 12.5 Å². The minimum atomic E-state index is -0.847. The van der Waals surface area contributed by atoms with E-state index in [0.717, 1.165) is 0 Å². The SMILES string of the molecule is CCNC(=O)[C@@H](C)OC(=O)COc1ccc(Cl)cc1Br. The zero-order valence-electron chi connectivity index (χ0n) is 11.1. The van der Waals surface area contributed by atoms with Crippen LogP contribution >= 0.6 is 27.5 Å². The van der Waals surface area contributed by atoms with Gasteiger partial charge in [-0.3, -0.25) is 4.79 Å². The summed E-state index contributed by atoms with van der Waals surface area (Å²) in [5, 5.41) is 3.11.